The maximum Gasteiger partial charge on any atom is 0.416 e. The van der Waals surface area contributed by atoms with Crippen LogP contribution in [-0.4, -0.2) is 106 Å². The van der Waals surface area contributed by atoms with Crippen LogP contribution in [0.3, 0.4) is 0 Å². The molecule has 0 unspecified atom stereocenters. The molecule has 0 radical (unpaired) electrons. The van der Waals surface area contributed by atoms with Crippen molar-refractivity contribution in [3.05, 3.63) is 101 Å². The molecule has 7 amide bonds. The third-order valence-corrected chi connectivity index (χ3v) is 12.2. The molecule has 1 saturated carbocycles. The number of fused-ring (bicyclic) bond motifs is 3. The van der Waals surface area contributed by atoms with Crippen molar-refractivity contribution < 1.29 is 46.7 Å². The van der Waals surface area contributed by atoms with Crippen LogP contribution in [0.2, 0.25) is 0 Å². The molecule has 0 spiro atoms. The molecule has 2 aromatic carbocycles. The number of imide groups is 1. The number of carbonyl (C=O) groups is 6. The molecule has 5 aromatic rings. The van der Waals surface area contributed by atoms with Crippen LogP contribution in [0.5, 0.6) is 0 Å². The lowest BCUT2D eigenvalue weighted by atomic mass is 9.90. The summed E-state index contributed by atoms with van der Waals surface area (Å²) in [5, 5.41) is 16.3. The topological polar surface area (TPSA) is 236 Å². The molecular weight excluding hydrogens is 900 g/mol. The summed E-state index contributed by atoms with van der Waals surface area (Å²) in [5.41, 5.74) is 10.0. The minimum Gasteiger partial charge on any atom is -0.383 e. The average Bonchev–Trinajstić information content (AvgIpc) is 3.73. The Bertz CT molecular complexity index is 2830. The normalized spacial score (nSPS) is 18.2. The van der Waals surface area contributed by atoms with Gasteiger partial charge in [-0.25, -0.2) is 14.8 Å². The van der Waals surface area contributed by atoms with Crippen molar-refractivity contribution in [2.24, 2.45) is 0 Å². The molecule has 8 rings (SSSR count). The number of benzene rings is 2. The summed E-state index contributed by atoms with van der Waals surface area (Å²) in [6.45, 7) is 2.43. The smallest absolute Gasteiger partial charge is 0.383 e. The number of amides is 7. The molecule has 2 atom stereocenters. The zero-order chi connectivity index (χ0) is 48.8. The van der Waals surface area contributed by atoms with Gasteiger partial charge in [0.1, 0.15) is 17.3 Å². The molecule has 6 N–H and O–H groups in total. The molecule has 2 bridgehead atoms. The number of nitrogens with one attached hydrogen (secondary N) is 4. The zero-order valence-electron chi connectivity index (χ0n) is 37.6. The highest BCUT2D eigenvalue weighted by Gasteiger charge is 2.32. The van der Waals surface area contributed by atoms with Gasteiger partial charge in [-0.2, -0.15) is 18.3 Å². The highest BCUT2D eigenvalue weighted by atomic mass is 19.4. The van der Waals surface area contributed by atoms with Crippen LogP contribution < -0.4 is 31.9 Å². The fraction of sp³-hybridized carbons (Fsp3) is 0.354. The Morgan fingerprint density at radius 1 is 0.942 bits per heavy atom. The van der Waals surface area contributed by atoms with E-state index < -0.39 is 23.7 Å². The van der Waals surface area contributed by atoms with Crippen LogP contribution in [0.25, 0.3) is 28.2 Å². The zero-order valence-corrected chi connectivity index (χ0v) is 37.6. The second-order valence-electron chi connectivity index (χ2n) is 17.0. The van der Waals surface area contributed by atoms with E-state index in [4.69, 9.17) is 15.6 Å². The molecule has 360 valence electrons. The Morgan fingerprint density at radius 3 is 2.52 bits per heavy atom. The quantitative estimate of drug-likeness (QED) is 0.0995. The number of urea groups is 1. The first kappa shape index (κ1) is 47.8. The van der Waals surface area contributed by atoms with Gasteiger partial charge in [0.25, 0.3) is 11.8 Å². The Balaban J connectivity index is 0.913. The lowest BCUT2D eigenvalue weighted by molar-refractivity contribution is -0.137. The largest absolute Gasteiger partial charge is 0.416 e. The highest BCUT2D eigenvalue weighted by molar-refractivity contribution is 6.07. The van der Waals surface area contributed by atoms with Crippen LogP contribution in [-0.2, 0) is 25.3 Å². The molecular formula is C48H50F3N11O7. The van der Waals surface area contributed by atoms with Crippen molar-refractivity contribution in [1.82, 2.24) is 40.6 Å². The fourth-order valence-corrected chi connectivity index (χ4v) is 8.74. The van der Waals surface area contributed by atoms with Crippen molar-refractivity contribution in [2.45, 2.75) is 70.1 Å². The number of halogens is 3. The molecule has 69 heavy (non-hydrogen) atoms. The van der Waals surface area contributed by atoms with Gasteiger partial charge in [-0.05, 0) is 81.0 Å². The second-order valence-corrected chi connectivity index (χ2v) is 17.0. The summed E-state index contributed by atoms with van der Waals surface area (Å²) in [6.07, 6.45) is 5.20. The summed E-state index contributed by atoms with van der Waals surface area (Å²) >= 11 is 0. The number of nitrogens with zero attached hydrogens (tertiary/aromatic N) is 6. The van der Waals surface area contributed by atoms with E-state index in [1.807, 2.05) is 23.8 Å². The van der Waals surface area contributed by atoms with Gasteiger partial charge in [-0.15, -0.1) is 0 Å². The predicted octanol–water partition coefficient (Wildman–Crippen LogP) is 5.78. The van der Waals surface area contributed by atoms with E-state index in [2.05, 4.69) is 31.2 Å². The van der Waals surface area contributed by atoms with Crippen molar-refractivity contribution in [3.63, 3.8) is 0 Å². The number of hydrogen-bond donors (Lipinski definition) is 5. The number of nitrogens with two attached hydrogens (primary N) is 1. The van der Waals surface area contributed by atoms with E-state index in [0.717, 1.165) is 54.2 Å². The van der Waals surface area contributed by atoms with Gasteiger partial charge in [0.2, 0.25) is 17.7 Å². The van der Waals surface area contributed by atoms with Gasteiger partial charge in [-0.1, -0.05) is 30.4 Å². The number of rotatable bonds is 11. The number of alkyl halides is 3. The Hall–Kier alpha value is -7.68. The number of carbonyl (C=O) groups excluding carboxylic acids is 6. The molecule has 2 aliphatic heterocycles. The van der Waals surface area contributed by atoms with Crippen molar-refractivity contribution in [1.29, 1.82) is 0 Å². The summed E-state index contributed by atoms with van der Waals surface area (Å²) in [6, 6.07) is 12.1. The van der Waals surface area contributed by atoms with Crippen LogP contribution in [0.1, 0.15) is 88.4 Å². The van der Waals surface area contributed by atoms with Crippen molar-refractivity contribution in [3.8, 4) is 11.3 Å². The van der Waals surface area contributed by atoms with Gasteiger partial charge in [0, 0.05) is 72.4 Å². The summed E-state index contributed by atoms with van der Waals surface area (Å²) in [5.74, 6) is -1.97. The first-order chi connectivity index (χ1) is 33.1. The highest BCUT2D eigenvalue weighted by Crippen LogP contribution is 2.39. The number of nitrogen functional groups attached to an aromatic ring is 1. The summed E-state index contributed by atoms with van der Waals surface area (Å²) in [4.78, 5) is 88.4. The monoisotopic (exact) mass is 949 g/mol. The van der Waals surface area contributed by atoms with Crippen LogP contribution in [0.15, 0.2) is 73.1 Å². The molecule has 1 saturated heterocycles. The maximum absolute atomic E-state index is 13.6. The molecule has 1 aliphatic carbocycles. The van der Waals surface area contributed by atoms with E-state index >= 15 is 0 Å². The third kappa shape index (κ3) is 11.2. The van der Waals surface area contributed by atoms with E-state index in [1.165, 1.54) is 21.9 Å². The van der Waals surface area contributed by atoms with Crippen LogP contribution in [0, 0.1) is 6.92 Å². The first-order valence-electron chi connectivity index (χ1n) is 22.6. The standard InChI is InChI=1S/C48H50F3N11O7/c1-28-8-9-31(23-36(28)61-20-15-38(63)58-47(61)68)45(66)54-18-22-69-21-16-40(65)60-19-3-2-5-32-26-55-44(52)41-42(59-62(43(32)41)35-7-4-6-34(25-35)56-39(64)27-60)29-10-12-30(13-11-29)46(67)57-37-24-33(14-17-53-37)48(49,50)51/h2,5,8-14,17,23-24,26,34-35H,3-4,6-7,15-16,18-22,25,27H2,1H3,(H2,52,55)(H,54,66)(H,56,64)(H,53,57,67)(H,58,63,68)/b5-2+/t34-,35-/m1/s1. The SMILES string of the molecule is Cc1ccc(C(=O)NCCOCCC(=O)N2CC/C=C/c3cnc(N)c4c(-c5ccc(C(=O)Nc6cc(C(F)(F)F)ccn6)cc5)nn(c34)[C@@H]3CCC[C@H](C3)NC(=O)C2)cc1N1CCC(=O)NC1=O. The van der Waals surface area contributed by atoms with Gasteiger partial charge in [0.15, 0.2) is 0 Å². The van der Waals surface area contributed by atoms with Crippen LogP contribution in [0.4, 0.5) is 35.3 Å². The third-order valence-electron chi connectivity index (χ3n) is 12.2. The van der Waals surface area contributed by atoms with E-state index in [9.17, 15) is 41.9 Å². The van der Waals surface area contributed by atoms with Gasteiger partial charge < -0.3 is 31.3 Å². The van der Waals surface area contributed by atoms with E-state index in [1.54, 1.807) is 36.5 Å². The van der Waals surface area contributed by atoms with Crippen LogP contribution >= 0.6 is 0 Å². The number of hydrogen-bond acceptors (Lipinski definition) is 11. The number of pyridine rings is 2. The molecule has 18 nitrogen and oxygen atoms in total. The van der Waals surface area contributed by atoms with Gasteiger partial charge in [0.05, 0.1) is 48.7 Å². The van der Waals surface area contributed by atoms with Gasteiger partial charge >= 0.3 is 12.2 Å². The predicted molar refractivity (Wildman–Crippen MR) is 249 cm³/mol. The Morgan fingerprint density at radius 2 is 1.74 bits per heavy atom. The minimum atomic E-state index is -4.60. The number of aromatic nitrogens is 4. The molecule has 21 heteroatoms. The molecule has 3 aromatic heterocycles. The Labute approximate surface area is 393 Å². The van der Waals surface area contributed by atoms with E-state index in [-0.39, 0.29) is 105 Å². The maximum atomic E-state index is 13.6. The van der Waals surface area contributed by atoms with E-state index in [0.29, 0.717) is 40.7 Å². The van der Waals surface area contributed by atoms with Gasteiger partial charge in [-0.3, -0.25) is 38.9 Å². The number of aryl methyl sites for hydroxylation is 1. The second kappa shape index (κ2) is 20.7. The minimum absolute atomic E-state index is 0.00131. The lowest BCUT2D eigenvalue weighted by Gasteiger charge is -2.31. The fourth-order valence-electron chi connectivity index (χ4n) is 8.74. The summed E-state index contributed by atoms with van der Waals surface area (Å²) < 4.78 is 47.4. The average molecular weight is 950 g/mol. The van der Waals surface area contributed by atoms with Crippen molar-refractivity contribution >= 4 is 69.9 Å². The molecule has 3 aliphatic rings. The molecule has 5 heterocycles. The number of ether oxygens (including phenoxy) is 1. The first-order valence-corrected chi connectivity index (χ1v) is 22.6. The van der Waals surface area contributed by atoms with Crippen molar-refractivity contribution in [2.75, 3.05) is 55.3 Å². The lowest BCUT2D eigenvalue weighted by Crippen LogP contribution is -2.49. The molecule has 2 fully saturated rings. The summed E-state index contributed by atoms with van der Waals surface area (Å²) in [7, 11) is 0. The number of anilines is 3. The Kier molecular flexibility index (Phi) is 14.3.